The summed E-state index contributed by atoms with van der Waals surface area (Å²) in [5.41, 5.74) is 5.37. The molecule has 116 valence electrons. The zero-order valence-corrected chi connectivity index (χ0v) is 13.1. The minimum atomic E-state index is -0.120. The second-order valence-electron chi connectivity index (χ2n) is 6.19. The first-order chi connectivity index (χ1) is 11.2. The van der Waals surface area contributed by atoms with Crippen molar-refractivity contribution in [3.05, 3.63) is 58.9 Å². The molecule has 2 N–H and O–H groups in total. The number of amides is 1. The highest BCUT2D eigenvalue weighted by atomic mass is 16.1. The Kier molecular flexibility index (Phi) is 3.37. The summed E-state index contributed by atoms with van der Waals surface area (Å²) in [7, 11) is 0. The molecule has 0 spiro atoms. The number of hydrogen-bond donors (Lipinski definition) is 2. The standard InChI is InChI=1S/C19H19N3O/c1-12-9-10-17(20-11-12)22-19(23)15-7-4-6-14-13-5-2-3-8-16(13)21-18(14)15/h4,6-7,9-11,21H,2-3,5,8H2,1H3,(H,20,22,23). The number of aromatic nitrogens is 2. The van der Waals surface area contributed by atoms with E-state index >= 15 is 0 Å². The van der Waals surface area contributed by atoms with Gasteiger partial charge < -0.3 is 10.3 Å². The molecule has 0 fully saturated rings. The lowest BCUT2D eigenvalue weighted by atomic mass is 9.95. The predicted molar refractivity (Wildman–Crippen MR) is 91.9 cm³/mol. The van der Waals surface area contributed by atoms with Crippen molar-refractivity contribution in [2.75, 3.05) is 5.32 Å². The maximum Gasteiger partial charge on any atom is 0.258 e. The number of hydrogen-bond acceptors (Lipinski definition) is 2. The van der Waals surface area contributed by atoms with Gasteiger partial charge in [-0.3, -0.25) is 4.79 Å². The van der Waals surface area contributed by atoms with Gasteiger partial charge in [-0.25, -0.2) is 4.98 Å². The van der Waals surface area contributed by atoms with E-state index in [1.807, 2.05) is 31.2 Å². The summed E-state index contributed by atoms with van der Waals surface area (Å²) >= 11 is 0. The topological polar surface area (TPSA) is 57.8 Å². The van der Waals surface area contributed by atoms with Crippen molar-refractivity contribution in [3.8, 4) is 0 Å². The van der Waals surface area contributed by atoms with Gasteiger partial charge >= 0.3 is 0 Å². The molecule has 1 aliphatic rings. The summed E-state index contributed by atoms with van der Waals surface area (Å²) in [5.74, 6) is 0.458. The van der Waals surface area contributed by atoms with Gasteiger partial charge in [0.15, 0.2) is 0 Å². The Morgan fingerprint density at radius 3 is 2.87 bits per heavy atom. The molecule has 0 saturated carbocycles. The Hall–Kier alpha value is -2.62. The maximum absolute atomic E-state index is 12.7. The van der Waals surface area contributed by atoms with Crippen LogP contribution in [0.1, 0.15) is 40.0 Å². The highest BCUT2D eigenvalue weighted by Crippen LogP contribution is 2.30. The molecule has 1 aliphatic carbocycles. The first-order valence-corrected chi connectivity index (χ1v) is 8.09. The summed E-state index contributed by atoms with van der Waals surface area (Å²) in [6.45, 7) is 1.97. The van der Waals surface area contributed by atoms with Gasteiger partial charge in [0.05, 0.1) is 11.1 Å². The van der Waals surface area contributed by atoms with Gasteiger partial charge in [0.25, 0.3) is 5.91 Å². The lowest BCUT2D eigenvalue weighted by Crippen LogP contribution is -2.13. The van der Waals surface area contributed by atoms with Crippen molar-refractivity contribution in [1.82, 2.24) is 9.97 Å². The number of nitrogens with one attached hydrogen (secondary N) is 2. The molecule has 0 saturated heterocycles. The molecule has 2 heterocycles. The van der Waals surface area contributed by atoms with Gasteiger partial charge in [-0.1, -0.05) is 18.2 Å². The minimum absolute atomic E-state index is 0.120. The number of anilines is 1. The molecule has 23 heavy (non-hydrogen) atoms. The maximum atomic E-state index is 12.7. The highest BCUT2D eigenvalue weighted by molar-refractivity contribution is 6.12. The molecule has 0 radical (unpaired) electrons. The number of para-hydroxylation sites is 1. The van der Waals surface area contributed by atoms with E-state index in [9.17, 15) is 4.79 Å². The molecule has 1 amide bonds. The van der Waals surface area contributed by atoms with Crippen molar-refractivity contribution >= 4 is 22.6 Å². The van der Waals surface area contributed by atoms with E-state index < -0.39 is 0 Å². The Morgan fingerprint density at radius 1 is 1.17 bits per heavy atom. The second-order valence-corrected chi connectivity index (χ2v) is 6.19. The Labute approximate surface area is 134 Å². The predicted octanol–water partition coefficient (Wildman–Crippen LogP) is 4.00. The van der Waals surface area contributed by atoms with Gasteiger partial charge in [0.2, 0.25) is 0 Å². The van der Waals surface area contributed by atoms with Crippen LogP contribution in [0.2, 0.25) is 0 Å². The quantitative estimate of drug-likeness (QED) is 0.751. The molecule has 1 aromatic carbocycles. The molecule has 4 heteroatoms. The van der Waals surface area contributed by atoms with Crippen LogP contribution >= 0.6 is 0 Å². The number of fused-ring (bicyclic) bond motifs is 3. The van der Waals surface area contributed by atoms with Crippen molar-refractivity contribution in [2.45, 2.75) is 32.6 Å². The molecule has 0 bridgehead atoms. The van der Waals surface area contributed by atoms with Crippen LogP contribution in [0.3, 0.4) is 0 Å². The molecule has 0 aliphatic heterocycles. The Bertz CT molecular complexity index is 878. The molecular weight excluding hydrogens is 286 g/mol. The van der Waals surface area contributed by atoms with Gasteiger partial charge in [-0.2, -0.15) is 0 Å². The van der Waals surface area contributed by atoms with Crippen molar-refractivity contribution in [1.29, 1.82) is 0 Å². The molecule has 0 atom stereocenters. The first-order valence-electron chi connectivity index (χ1n) is 8.09. The number of carbonyl (C=O) groups is 1. The third kappa shape index (κ3) is 2.50. The summed E-state index contributed by atoms with van der Waals surface area (Å²) < 4.78 is 0. The third-order valence-corrected chi connectivity index (χ3v) is 4.53. The van der Waals surface area contributed by atoms with Crippen LogP contribution in [0, 0.1) is 6.92 Å². The fourth-order valence-corrected chi connectivity index (χ4v) is 3.34. The van der Waals surface area contributed by atoms with Crippen LogP contribution in [0.25, 0.3) is 10.9 Å². The van der Waals surface area contributed by atoms with Gasteiger partial charge in [0, 0.05) is 17.3 Å². The normalized spacial score (nSPS) is 13.8. The number of benzene rings is 1. The van der Waals surface area contributed by atoms with Crippen LogP contribution in [0.5, 0.6) is 0 Å². The van der Waals surface area contributed by atoms with E-state index in [4.69, 9.17) is 0 Å². The van der Waals surface area contributed by atoms with E-state index in [0.29, 0.717) is 11.4 Å². The van der Waals surface area contributed by atoms with E-state index in [-0.39, 0.29) is 5.91 Å². The zero-order chi connectivity index (χ0) is 15.8. The number of aromatic amines is 1. The average Bonchev–Trinajstić information content (AvgIpc) is 2.95. The lowest BCUT2D eigenvalue weighted by molar-refractivity contribution is 0.102. The average molecular weight is 305 g/mol. The van der Waals surface area contributed by atoms with E-state index in [1.165, 1.54) is 29.5 Å². The van der Waals surface area contributed by atoms with Gasteiger partial charge in [-0.05, 0) is 55.9 Å². The van der Waals surface area contributed by atoms with Gasteiger partial charge in [-0.15, -0.1) is 0 Å². The number of carbonyl (C=O) groups excluding carboxylic acids is 1. The van der Waals surface area contributed by atoms with E-state index in [2.05, 4.69) is 21.4 Å². The van der Waals surface area contributed by atoms with Crippen LogP contribution in [0.4, 0.5) is 5.82 Å². The van der Waals surface area contributed by atoms with Crippen molar-refractivity contribution in [3.63, 3.8) is 0 Å². The van der Waals surface area contributed by atoms with Crippen molar-refractivity contribution < 1.29 is 4.79 Å². The van der Waals surface area contributed by atoms with Crippen LogP contribution in [0.15, 0.2) is 36.5 Å². The minimum Gasteiger partial charge on any atom is -0.358 e. The Morgan fingerprint density at radius 2 is 2.04 bits per heavy atom. The number of nitrogens with zero attached hydrogens (tertiary/aromatic N) is 1. The van der Waals surface area contributed by atoms with Crippen LogP contribution < -0.4 is 5.32 Å². The highest BCUT2D eigenvalue weighted by Gasteiger charge is 2.19. The number of pyridine rings is 1. The summed E-state index contributed by atoms with van der Waals surface area (Å²) in [5, 5.41) is 4.07. The van der Waals surface area contributed by atoms with Crippen LogP contribution in [-0.2, 0) is 12.8 Å². The first kappa shape index (κ1) is 14.0. The van der Waals surface area contributed by atoms with E-state index in [0.717, 1.165) is 23.9 Å². The lowest BCUT2D eigenvalue weighted by Gasteiger charge is -2.10. The molecular formula is C19H19N3O. The Balaban J connectivity index is 1.72. The monoisotopic (exact) mass is 305 g/mol. The molecule has 0 unspecified atom stereocenters. The van der Waals surface area contributed by atoms with E-state index in [1.54, 1.807) is 6.20 Å². The molecule has 2 aromatic heterocycles. The fraction of sp³-hybridized carbons (Fsp3) is 0.263. The fourth-order valence-electron chi connectivity index (χ4n) is 3.34. The molecule has 4 rings (SSSR count). The smallest absolute Gasteiger partial charge is 0.258 e. The number of rotatable bonds is 2. The SMILES string of the molecule is Cc1ccc(NC(=O)c2cccc3c4c([nH]c23)CCCC4)nc1. The second kappa shape index (κ2) is 5.54. The largest absolute Gasteiger partial charge is 0.358 e. The number of aryl methyl sites for hydroxylation is 3. The number of H-pyrrole nitrogens is 1. The molecule has 3 aromatic rings. The van der Waals surface area contributed by atoms with Crippen LogP contribution in [-0.4, -0.2) is 15.9 Å². The summed E-state index contributed by atoms with van der Waals surface area (Å²) in [6, 6.07) is 9.71. The van der Waals surface area contributed by atoms with Crippen molar-refractivity contribution in [2.24, 2.45) is 0 Å². The van der Waals surface area contributed by atoms with Gasteiger partial charge in [0.1, 0.15) is 5.82 Å². The molecule has 4 nitrogen and oxygen atoms in total. The zero-order valence-electron chi connectivity index (χ0n) is 13.1. The summed E-state index contributed by atoms with van der Waals surface area (Å²) in [6.07, 6.45) is 6.37. The third-order valence-electron chi connectivity index (χ3n) is 4.53. The summed E-state index contributed by atoms with van der Waals surface area (Å²) in [4.78, 5) is 20.4.